The lowest BCUT2D eigenvalue weighted by molar-refractivity contribution is -0.137. The minimum absolute atomic E-state index is 0. The first-order chi connectivity index (χ1) is 13.4. The van der Waals surface area contributed by atoms with Gasteiger partial charge in [-0.3, -0.25) is 0 Å². The Bertz CT molecular complexity index is 1120. The Balaban J connectivity index is 0.00000240. The number of hydrogen-bond donors (Lipinski definition) is 1. The predicted octanol–water partition coefficient (Wildman–Crippen LogP) is 7.39. The summed E-state index contributed by atoms with van der Waals surface area (Å²) in [7, 11) is 0. The molecule has 2 nitrogen and oxygen atoms in total. The normalized spacial score (nSPS) is 11.2. The molecule has 0 aliphatic rings. The average molecular weight is 415 g/mol. The fraction of sp³-hybridized carbons (Fsp3) is 0.0870. The summed E-state index contributed by atoms with van der Waals surface area (Å²) in [6, 6.07) is 22.6. The summed E-state index contributed by atoms with van der Waals surface area (Å²) < 4.78 is 38.5. The summed E-state index contributed by atoms with van der Waals surface area (Å²) >= 11 is 0. The summed E-state index contributed by atoms with van der Waals surface area (Å²) in [4.78, 5) is 4.63. The van der Waals surface area contributed by atoms with E-state index >= 15 is 0 Å². The number of anilines is 2. The van der Waals surface area contributed by atoms with E-state index in [0.29, 0.717) is 11.3 Å². The molecule has 29 heavy (non-hydrogen) atoms. The number of alkyl halides is 3. The Morgan fingerprint density at radius 2 is 1.48 bits per heavy atom. The van der Waals surface area contributed by atoms with E-state index in [-0.39, 0.29) is 12.4 Å². The monoisotopic (exact) mass is 414 g/mol. The molecule has 0 radical (unpaired) electrons. The standard InChI is InChI=1S/C23H17F3N2.ClH/c1-15-6-12-18(13-7-15)27-22-14-21(28-20-5-3-2-4-19(20)22)16-8-10-17(11-9-16)23(24,25)26;/h2-14H,1H3,(H,27,28);1H. The number of para-hydroxylation sites is 1. The second-order valence-corrected chi connectivity index (χ2v) is 6.64. The number of aryl methyl sites for hydroxylation is 1. The fourth-order valence-electron chi connectivity index (χ4n) is 3.05. The first kappa shape index (κ1) is 20.7. The molecule has 1 heterocycles. The molecule has 0 saturated carbocycles. The molecule has 0 atom stereocenters. The number of hydrogen-bond acceptors (Lipinski definition) is 2. The molecule has 0 aliphatic heterocycles. The summed E-state index contributed by atoms with van der Waals surface area (Å²) in [5, 5.41) is 4.34. The van der Waals surface area contributed by atoms with Gasteiger partial charge in [-0.2, -0.15) is 13.2 Å². The SMILES string of the molecule is Cc1ccc(Nc2cc(-c3ccc(C(F)(F)F)cc3)nc3ccccc23)cc1.Cl. The molecule has 0 fully saturated rings. The Hall–Kier alpha value is -3.05. The van der Waals surface area contributed by atoms with Gasteiger partial charge in [-0.25, -0.2) is 4.98 Å². The molecule has 4 aromatic rings. The highest BCUT2D eigenvalue weighted by Gasteiger charge is 2.30. The number of fused-ring (bicyclic) bond motifs is 1. The van der Waals surface area contributed by atoms with E-state index < -0.39 is 11.7 Å². The minimum atomic E-state index is -4.35. The summed E-state index contributed by atoms with van der Waals surface area (Å²) in [5.41, 5.74) is 4.29. The van der Waals surface area contributed by atoms with Crippen LogP contribution in [-0.4, -0.2) is 4.98 Å². The van der Waals surface area contributed by atoms with Gasteiger partial charge in [0.05, 0.1) is 22.5 Å². The van der Waals surface area contributed by atoms with E-state index in [1.807, 2.05) is 61.5 Å². The molecular weight excluding hydrogens is 397 g/mol. The van der Waals surface area contributed by atoms with E-state index in [9.17, 15) is 13.2 Å². The molecule has 0 bridgehead atoms. The average Bonchev–Trinajstić information content (AvgIpc) is 2.69. The van der Waals surface area contributed by atoms with Crippen LogP contribution in [0.2, 0.25) is 0 Å². The fourth-order valence-corrected chi connectivity index (χ4v) is 3.05. The van der Waals surface area contributed by atoms with Crippen LogP contribution >= 0.6 is 12.4 Å². The zero-order valence-corrected chi connectivity index (χ0v) is 16.3. The predicted molar refractivity (Wildman–Crippen MR) is 114 cm³/mol. The number of nitrogens with zero attached hydrogens (tertiary/aromatic N) is 1. The van der Waals surface area contributed by atoms with Crippen molar-refractivity contribution in [3.05, 3.63) is 90.0 Å². The molecule has 1 N–H and O–H groups in total. The highest BCUT2D eigenvalue weighted by atomic mass is 35.5. The van der Waals surface area contributed by atoms with Crippen molar-refractivity contribution < 1.29 is 13.2 Å². The number of nitrogens with one attached hydrogen (secondary N) is 1. The third-order valence-electron chi connectivity index (χ3n) is 4.55. The molecule has 0 aliphatic carbocycles. The Kier molecular flexibility index (Phi) is 5.80. The topological polar surface area (TPSA) is 24.9 Å². The van der Waals surface area contributed by atoms with E-state index in [2.05, 4.69) is 10.3 Å². The van der Waals surface area contributed by atoms with Gasteiger partial charge in [0.15, 0.2) is 0 Å². The molecule has 0 saturated heterocycles. The molecule has 148 valence electrons. The lowest BCUT2D eigenvalue weighted by Gasteiger charge is -2.13. The van der Waals surface area contributed by atoms with E-state index in [0.717, 1.165) is 40.0 Å². The molecule has 0 spiro atoms. The highest BCUT2D eigenvalue weighted by molar-refractivity contribution is 5.95. The van der Waals surface area contributed by atoms with Gasteiger partial charge >= 0.3 is 6.18 Å². The van der Waals surface area contributed by atoms with Gasteiger partial charge < -0.3 is 5.32 Å². The first-order valence-electron chi connectivity index (χ1n) is 8.81. The van der Waals surface area contributed by atoms with Crippen LogP contribution in [-0.2, 0) is 6.18 Å². The third-order valence-corrected chi connectivity index (χ3v) is 4.55. The Morgan fingerprint density at radius 1 is 0.828 bits per heavy atom. The van der Waals surface area contributed by atoms with Crippen LogP contribution in [0.25, 0.3) is 22.2 Å². The lowest BCUT2D eigenvalue weighted by Crippen LogP contribution is -2.04. The second kappa shape index (κ2) is 8.13. The number of pyridine rings is 1. The van der Waals surface area contributed by atoms with Crippen LogP contribution in [0, 0.1) is 6.92 Å². The molecule has 0 unspecified atom stereocenters. The Morgan fingerprint density at radius 3 is 2.14 bits per heavy atom. The van der Waals surface area contributed by atoms with Gasteiger partial charge in [-0.1, -0.05) is 48.0 Å². The van der Waals surface area contributed by atoms with E-state index in [1.54, 1.807) is 0 Å². The van der Waals surface area contributed by atoms with Crippen molar-refractivity contribution in [1.29, 1.82) is 0 Å². The van der Waals surface area contributed by atoms with Crippen LogP contribution in [0.5, 0.6) is 0 Å². The zero-order valence-electron chi connectivity index (χ0n) is 15.5. The van der Waals surface area contributed by atoms with Crippen molar-refractivity contribution in [3.8, 4) is 11.3 Å². The maximum Gasteiger partial charge on any atom is 0.416 e. The quantitative estimate of drug-likeness (QED) is 0.378. The van der Waals surface area contributed by atoms with Crippen LogP contribution in [0.1, 0.15) is 11.1 Å². The molecular formula is C23H18ClF3N2. The van der Waals surface area contributed by atoms with Crippen LogP contribution < -0.4 is 5.32 Å². The van der Waals surface area contributed by atoms with Crippen molar-refractivity contribution in [1.82, 2.24) is 4.98 Å². The van der Waals surface area contributed by atoms with Crippen molar-refractivity contribution in [3.63, 3.8) is 0 Å². The van der Waals surface area contributed by atoms with Crippen molar-refractivity contribution >= 4 is 34.7 Å². The van der Waals surface area contributed by atoms with Crippen molar-refractivity contribution in [2.24, 2.45) is 0 Å². The lowest BCUT2D eigenvalue weighted by atomic mass is 10.1. The van der Waals surface area contributed by atoms with Crippen LogP contribution in [0.15, 0.2) is 78.9 Å². The van der Waals surface area contributed by atoms with Crippen molar-refractivity contribution in [2.75, 3.05) is 5.32 Å². The van der Waals surface area contributed by atoms with Gasteiger partial charge in [0.2, 0.25) is 0 Å². The summed E-state index contributed by atoms with van der Waals surface area (Å²) in [6.07, 6.45) is -4.35. The molecule has 0 amide bonds. The molecule has 4 rings (SSSR count). The number of aromatic nitrogens is 1. The van der Waals surface area contributed by atoms with Gasteiger partial charge in [-0.05, 0) is 43.3 Å². The molecule has 1 aromatic heterocycles. The van der Waals surface area contributed by atoms with Crippen LogP contribution in [0.3, 0.4) is 0 Å². The zero-order chi connectivity index (χ0) is 19.7. The van der Waals surface area contributed by atoms with E-state index in [1.165, 1.54) is 12.1 Å². The summed E-state index contributed by atoms with van der Waals surface area (Å²) in [5.74, 6) is 0. The second-order valence-electron chi connectivity index (χ2n) is 6.64. The smallest absolute Gasteiger partial charge is 0.355 e. The largest absolute Gasteiger partial charge is 0.416 e. The Labute approximate surface area is 172 Å². The first-order valence-corrected chi connectivity index (χ1v) is 8.81. The molecule has 3 aromatic carbocycles. The number of halogens is 4. The van der Waals surface area contributed by atoms with Gasteiger partial charge in [0.25, 0.3) is 0 Å². The van der Waals surface area contributed by atoms with Crippen molar-refractivity contribution in [2.45, 2.75) is 13.1 Å². The molecule has 6 heteroatoms. The maximum atomic E-state index is 12.8. The summed E-state index contributed by atoms with van der Waals surface area (Å²) in [6.45, 7) is 2.02. The van der Waals surface area contributed by atoms with Gasteiger partial charge in [0, 0.05) is 16.6 Å². The van der Waals surface area contributed by atoms with Gasteiger partial charge in [-0.15, -0.1) is 12.4 Å². The highest BCUT2D eigenvalue weighted by Crippen LogP contribution is 2.33. The van der Waals surface area contributed by atoms with Crippen LogP contribution in [0.4, 0.5) is 24.5 Å². The minimum Gasteiger partial charge on any atom is -0.355 e. The third kappa shape index (κ3) is 4.51. The maximum absolute atomic E-state index is 12.8. The van der Waals surface area contributed by atoms with Gasteiger partial charge in [0.1, 0.15) is 0 Å². The number of rotatable bonds is 3. The van der Waals surface area contributed by atoms with E-state index in [4.69, 9.17) is 0 Å². The number of benzene rings is 3.